The molecule has 6 nitrogen and oxygen atoms in total. The number of halogens is 2. The standard InChI is InChI=1S/C15H17ClIN3O3/c1-18-15(23)12-3-2-6-20(12)13(21)8-19-14(22)9-4-5-10(16)11(17)7-9/h4-5,7,12H,2-3,6,8H2,1H3,(H,18,23)(H,19,22). The van der Waals surface area contributed by atoms with Crippen LogP contribution in [0.15, 0.2) is 18.2 Å². The van der Waals surface area contributed by atoms with Gasteiger partial charge in [0, 0.05) is 22.7 Å². The Morgan fingerprint density at radius 1 is 1.39 bits per heavy atom. The second-order valence-corrected chi connectivity index (χ2v) is 6.74. The summed E-state index contributed by atoms with van der Waals surface area (Å²) in [5.41, 5.74) is 0.441. The number of nitrogens with zero attached hydrogens (tertiary/aromatic N) is 1. The molecule has 2 rings (SSSR count). The third kappa shape index (κ3) is 4.35. The molecule has 1 atom stereocenters. The quantitative estimate of drug-likeness (QED) is 0.683. The van der Waals surface area contributed by atoms with Crippen molar-refractivity contribution in [2.45, 2.75) is 18.9 Å². The van der Waals surface area contributed by atoms with Crippen LogP contribution in [-0.2, 0) is 9.59 Å². The summed E-state index contributed by atoms with van der Waals surface area (Å²) >= 11 is 7.96. The molecule has 1 fully saturated rings. The van der Waals surface area contributed by atoms with Gasteiger partial charge in [0.2, 0.25) is 11.8 Å². The van der Waals surface area contributed by atoms with Crippen molar-refractivity contribution in [2.75, 3.05) is 20.1 Å². The third-order valence-corrected chi connectivity index (χ3v) is 5.25. The van der Waals surface area contributed by atoms with Gasteiger partial charge in [0.25, 0.3) is 5.91 Å². The maximum atomic E-state index is 12.2. The Hall–Kier alpha value is -1.35. The van der Waals surface area contributed by atoms with Crippen molar-refractivity contribution in [3.05, 3.63) is 32.4 Å². The minimum Gasteiger partial charge on any atom is -0.357 e. The Morgan fingerprint density at radius 2 is 2.13 bits per heavy atom. The van der Waals surface area contributed by atoms with Crippen molar-refractivity contribution in [3.8, 4) is 0 Å². The summed E-state index contributed by atoms with van der Waals surface area (Å²) in [4.78, 5) is 37.6. The van der Waals surface area contributed by atoms with Crippen LogP contribution in [0.1, 0.15) is 23.2 Å². The maximum Gasteiger partial charge on any atom is 0.251 e. The largest absolute Gasteiger partial charge is 0.357 e. The van der Waals surface area contributed by atoms with Crippen LogP contribution in [0.2, 0.25) is 5.02 Å². The van der Waals surface area contributed by atoms with Gasteiger partial charge >= 0.3 is 0 Å². The lowest BCUT2D eigenvalue weighted by atomic mass is 10.2. The molecule has 0 saturated carbocycles. The van der Waals surface area contributed by atoms with Crippen LogP contribution in [0.4, 0.5) is 0 Å². The van der Waals surface area contributed by atoms with Gasteiger partial charge in [0.05, 0.1) is 11.6 Å². The van der Waals surface area contributed by atoms with E-state index >= 15 is 0 Å². The van der Waals surface area contributed by atoms with E-state index in [9.17, 15) is 14.4 Å². The molecule has 124 valence electrons. The molecule has 3 amide bonds. The monoisotopic (exact) mass is 449 g/mol. The summed E-state index contributed by atoms with van der Waals surface area (Å²) in [5, 5.41) is 5.72. The molecule has 0 aliphatic carbocycles. The number of nitrogens with one attached hydrogen (secondary N) is 2. The van der Waals surface area contributed by atoms with Crippen molar-refractivity contribution < 1.29 is 14.4 Å². The van der Waals surface area contributed by atoms with Gasteiger partial charge in [0.15, 0.2) is 0 Å². The number of likely N-dealkylation sites (tertiary alicyclic amines) is 1. The van der Waals surface area contributed by atoms with Crippen LogP contribution in [0.5, 0.6) is 0 Å². The van der Waals surface area contributed by atoms with E-state index in [1.165, 1.54) is 4.90 Å². The zero-order chi connectivity index (χ0) is 17.0. The highest BCUT2D eigenvalue weighted by molar-refractivity contribution is 14.1. The molecule has 1 aromatic rings. The van der Waals surface area contributed by atoms with Crippen molar-refractivity contribution in [3.63, 3.8) is 0 Å². The van der Waals surface area contributed by atoms with Crippen LogP contribution in [-0.4, -0.2) is 48.8 Å². The van der Waals surface area contributed by atoms with Gasteiger partial charge in [0.1, 0.15) is 6.04 Å². The molecular weight excluding hydrogens is 433 g/mol. The lowest BCUT2D eigenvalue weighted by molar-refractivity contribution is -0.137. The number of carbonyl (C=O) groups excluding carboxylic acids is 3. The first-order valence-corrected chi connectivity index (χ1v) is 8.64. The number of benzene rings is 1. The first-order valence-electron chi connectivity index (χ1n) is 7.18. The van der Waals surface area contributed by atoms with Gasteiger partial charge in [-0.15, -0.1) is 0 Å². The minimum absolute atomic E-state index is 0.133. The smallest absolute Gasteiger partial charge is 0.251 e. The third-order valence-electron chi connectivity index (χ3n) is 3.70. The van der Waals surface area contributed by atoms with E-state index in [0.717, 1.165) is 9.99 Å². The highest BCUT2D eigenvalue weighted by atomic mass is 127. The summed E-state index contributed by atoms with van der Waals surface area (Å²) in [6, 6.07) is 4.46. The number of hydrogen-bond donors (Lipinski definition) is 2. The Balaban J connectivity index is 1.94. The van der Waals surface area contributed by atoms with E-state index in [1.807, 2.05) is 22.6 Å². The Kier molecular flexibility index (Phi) is 6.23. The normalized spacial score (nSPS) is 17.0. The fourth-order valence-electron chi connectivity index (χ4n) is 2.50. The maximum absolute atomic E-state index is 12.2. The van der Waals surface area contributed by atoms with Gasteiger partial charge in [-0.1, -0.05) is 11.6 Å². The molecular formula is C15H17ClIN3O3. The lowest BCUT2D eigenvalue weighted by Crippen LogP contribution is -2.48. The fraction of sp³-hybridized carbons (Fsp3) is 0.400. The first-order chi connectivity index (χ1) is 10.9. The molecule has 0 bridgehead atoms. The van der Waals surface area contributed by atoms with Crippen LogP contribution in [0.25, 0.3) is 0 Å². The molecule has 1 aliphatic heterocycles. The van der Waals surface area contributed by atoms with Crippen LogP contribution >= 0.6 is 34.2 Å². The predicted molar refractivity (Wildman–Crippen MR) is 95.3 cm³/mol. The van der Waals surface area contributed by atoms with Gasteiger partial charge in [-0.25, -0.2) is 0 Å². The lowest BCUT2D eigenvalue weighted by Gasteiger charge is -2.23. The summed E-state index contributed by atoms with van der Waals surface area (Å²) in [7, 11) is 1.55. The van der Waals surface area contributed by atoms with Crippen LogP contribution in [0, 0.1) is 3.57 Å². The Labute approximate surface area is 153 Å². The average molecular weight is 450 g/mol. The zero-order valence-electron chi connectivity index (χ0n) is 12.6. The van der Waals surface area contributed by atoms with Gasteiger partial charge in [-0.05, 0) is 53.6 Å². The molecule has 1 heterocycles. The molecule has 1 aliphatic rings. The number of amides is 3. The van der Waals surface area contributed by atoms with Gasteiger partial charge in [-0.3, -0.25) is 14.4 Å². The van der Waals surface area contributed by atoms with Crippen molar-refractivity contribution in [1.29, 1.82) is 0 Å². The van der Waals surface area contributed by atoms with E-state index in [4.69, 9.17) is 11.6 Å². The van der Waals surface area contributed by atoms with E-state index in [1.54, 1.807) is 25.2 Å². The van der Waals surface area contributed by atoms with Crippen molar-refractivity contribution in [2.24, 2.45) is 0 Å². The summed E-state index contributed by atoms with van der Waals surface area (Å²) in [6.07, 6.45) is 1.43. The molecule has 1 aromatic carbocycles. The highest BCUT2D eigenvalue weighted by Crippen LogP contribution is 2.19. The number of likely N-dealkylation sites (N-methyl/N-ethyl adjacent to an activating group) is 1. The molecule has 2 N–H and O–H groups in total. The van der Waals surface area contributed by atoms with E-state index in [2.05, 4.69) is 10.6 Å². The Morgan fingerprint density at radius 3 is 2.78 bits per heavy atom. The first kappa shape index (κ1) is 18.0. The molecule has 1 saturated heterocycles. The molecule has 8 heteroatoms. The number of carbonyl (C=O) groups is 3. The van der Waals surface area contributed by atoms with Crippen LogP contribution < -0.4 is 10.6 Å². The van der Waals surface area contributed by atoms with E-state index in [0.29, 0.717) is 23.6 Å². The fourth-order valence-corrected chi connectivity index (χ4v) is 3.13. The SMILES string of the molecule is CNC(=O)C1CCCN1C(=O)CNC(=O)c1ccc(Cl)c(I)c1. The van der Waals surface area contributed by atoms with E-state index in [-0.39, 0.29) is 24.3 Å². The second kappa shape index (κ2) is 7.96. The predicted octanol–water partition coefficient (Wildman–Crippen LogP) is 1.41. The van der Waals surface area contributed by atoms with Crippen LogP contribution in [0.3, 0.4) is 0 Å². The average Bonchev–Trinajstić information content (AvgIpc) is 3.03. The van der Waals surface area contributed by atoms with Gasteiger partial charge in [-0.2, -0.15) is 0 Å². The summed E-state index contributed by atoms with van der Waals surface area (Å²) in [5.74, 6) is -0.772. The second-order valence-electron chi connectivity index (χ2n) is 5.17. The zero-order valence-corrected chi connectivity index (χ0v) is 15.5. The van der Waals surface area contributed by atoms with E-state index < -0.39 is 6.04 Å². The van der Waals surface area contributed by atoms with Gasteiger partial charge < -0.3 is 15.5 Å². The Bertz CT molecular complexity index is 638. The molecule has 0 spiro atoms. The molecule has 1 unspecified atom stereocenters. The highest BCUT2D eigenvalue weighted by Gasteiger charge is 2.33. The topological polar surface area (TPSA) is 78.5 Å². The number of rotatable bonds is 4. The molecule has 0 aromatic heterocycles. The summed E-state index contributed by atoms with van der Waals surface area (Å²) < 4.78 is 0.766. The number of hydrogen-bond acceptors (Lipinski definition) is 3. The molecule has 23 heavy (non-hydrogen) atoms. The van der Waals surface area contributed by atoms with Crippen molar-refractivity contribution >= 4 is 51.9 Å². The molecule has 0 radical (unpaired) electrons. The van der Waals surface area contributed by atoms with Crippen molar-refractivity contribution in [1.82, 2.24) is 15.5 Å². The summed E-state index contributed by atoms with van der Waals surface area (Å²) in [6.45, 7) is 0.400. The minimum atomic E-state index is -0.444.